The smallest absolute Gasteiger partial charge is 0.358 e. The van der Waals surface area contributed by atoms with E-state index in [0.29, 0.717) is 11.4 Å². The number of hydrogen-bond donors (Lipinski definition) is 1. The molecule has 0 atom stereocenters. The minimum atomic E-state index is -0.485. The number of amides is 1. The molecule has 7 nitrogen and oxygen atoms in total. The van der Waals surface area contributed by atoms with Crippen molar-refractivity contribution in [3.05, 3.63) is 43.8 Å². The lowest BCUT2D eigenvalue weighted by Gasteiger charge is -2.56. The quantitative estimate of drug-likeness (QED) is 0.609. The zero-order valence-electron chi connectivity index (χ0n) is 15.9. The summed E-state index contributed by atoms with van der Waals surface area (Å²) in [5, 5.41) is 20.3. The monoisotopic (exact) mass is 400 g/mol. The summed E-state index contributed by atoms with van der Waals surface area (Å²) < 4.78 is 1.61. The first-order valence-electron chi connectivity index (χ1n) is 9.98. The summed E-state index contributed by atoms with van der Waals surface area (Å²) in [6, 6.07) is 3.36. The van der Waals surface area contributed by atoms with Crippen molar-refractivity contribution < 1.29 is 9.72 Å². The average molecular weight is 401 g/mol. The summed E-state index contributed by atoms with van der Waals surface area (Å²) in [5.74, 6) is 2.27. The fourth-order valence-corrected chi connectivity index (χ4v) is 6.86. The molecule has 0 aromatic carbocycles. The summed E-state index contributed by atoms with van der Waals surface area (Å²) >= 11 is 1.44. The van der Waals surface area contributed by atoms with E-state index in [-0.39, 0.29) is 17.3 Å². The van der Waals surface area contributed by atoms with Gasteiger partial charge in [0.1, 0.15) is 0 Å². The second-order valence-electron chi connectivity index (χ2n) is 9.03. The van der Waals surface area contributed by atoms with Gasteiger partial charge < -0.3 is 15.4 Å². The molecular weight excluding hydrogens is 376 g/mol. The third-order valence-corrected chi connectivity index (χ3v) is 7.76. The summed E-state index contributed by atoms with van der Waals surface area (Å²) in [7, 11) is 0. The molecule has 6 rings (SSSR count). The van der Waals surface area contributed by atoms with E-state index >= 15 is 0 Å². The Labute approximate surface area is 167 Å². The lowest BCUT2D eigenvalue weighted by Crippen LogP contribution is -2.59. The Kier molecular flexibility index (Phi) is 4.08. The second-order valence-corrected chi connectivity index (χ2v) is 9.94. The van der Waals surface area contributed by atoms with Crippen LogP contribution in [0.2, 0.25) is 0 Å². The predicted octanol–water partition coefficient (Wildman–Crippen LogP) is 3.91. The molecular formula is C20H24N4O3S. The van der Waals surface area contributed by atoms with Gasteiger partial charge in [-0.3, -0.25) is 4.79 Å². The molecule has 4 bridgehead atoms. The second kappa shape index (κ2) is 6.40. The van der Waals surface area contributed by atoms with Gasteiger partial charge >= 0.3 is 5.82 Å². The Morgan fingerprint density at radius 3 is 2.50 bits per heavy atom. The number of carbonyl (C=O) groups excluding carboxylic acids is 1. The zero-order valence-corrected chi connectivity index (χ0v) is 16.7. The molecule has 1 amide bonds. The molecule has 8 heteroatoms. The summed E-state index contributed by atoms with van der Waals surface area (Å²) in [6.45, 7) is 2.23. The van der Waals surface area contributed by atoms with Crippen molar-refractivity contribution in [3.63, 3.8) is 0 Å². The van der Waals surface area contributed by atoms with Crippen LogP contribution in [0.3, 0.4) is 0 Å². The molecule has 0 aliphatic heterocycles. The van der Waals surface area contributed by atoms with Crippen molar-refractivity contribution in [2.75, 3.05) is 0 Å². The van der Waals surface area contributed by atoms with Crippen molar-refractivity contribution in [1.82, 2.24) is 15.1 Å². The Morgan fingerprint density at radius 2 is 1.93 bits per heavy atom. The molecule has 4 aliphatic carbocycles. The topological polar surface area (TPSA) is 90.1 Å². The third kappa shape index (κ3) is 3.13. The SMILES string of the molecule is Cc1cc([N+](=O)[O-])nn1Cc1csc(C(=O)NC23CC4CC(CC(C4)C2)C3)c1. The molecule has 0 saturated heterocycles. The number of nitrogens with one attached hydrogen (secondary N) is 1. The lowest BCUT2D eigenvalue weighted by atomic mass is 9.53. The minimum Gasteiger partial charge on any atom is -0.358 e. The van der Waals surface area contributed by atoms with Crippen LogP contribution in [0.15, 0.2) is 17.5 Å². The first kappa shape index (κ1) is 17.8. The van der Waals surface area contributed by atoms with Gasteiger partial charge in [0.05, 0.1) is 28.3 Å². The molecule has 0 unspecified atom stereocenters. The Bertz CT molecular complexity index is 912. The Hall–Kier alpha value is -2.22. The largest absolute Gasteiger partial charge is 0.390 e. The highest BCUT2D eigenvalue weighted by atomic mass is 32.1. The maximum absolute atomic E-state index is 12.9. The number of nitro groups is 1. The van der Waals surface area contributed by atoms with Crippen LogP contribution in [0.4, 0.5) is 5.82 Å². The molecule has 2 aromatic rings. The molecule has 2 heterocycles. The van der Waals surface area contributed by atoms with Gasteiger partial charge in [0.25, 0.3) is 5.91 Å². The molecule has 4 saturated carbocycles. The van der Waals surface area contributed by atoms with Crippen LogP contribution in [-0.4, -0.2) is 26.1 Å². The first-order valence-corrected chi connectivity index (χ1v) is 10.9. The van der Waals surface area contributed by atoms with Crippen molar-refractivity contribution in [1.29, 1.82) is 0 Å². The summed E-state index contributed by atoms with van der Waals surface area (Å²) in [5.41, 5.74) is 1.69. The summed E-state index contributed by atoms with van der Waals surface area (Å²) in [4.78, 5) is 24.1. The van der Waals surface area contributed by atoms with Crippen LogP contribution in [0, 0.1) is 34.8 Å². The number of carbonyl (C=O) groups is 1. The van der Waals surface area contributed by atoms with Gasteiger partial charge in [-0.1, -0.05) is 0 Å². The average Bonchev–Trinajstić information content (AvgIpc) is 3.21. The van der Waals surface area contributed by atoms with E-state index in [1.165, 1.54) is 36.7 Å². The molecule has 1 N–H and O–H groups in total. The fourth-order valence-electron chi connectivity index (χ4n) is 6.06. The highest BCUT2D eigenvalue weighted by Crippen LogP contribution is 2.55. The van der Waals surface area contributed by atoms with Crippen molar-refractivity contribution in [2.24, 2.45) is 17.8 Å². The highest BCUT2D eigenvalue weighted by Gasteiger charge is 2.51. The van der Waals surface area contributed by atoms with Gasteiger partial charge in [-0.05, 0) is 85.1 Å². The number of aromatic nitrogens is 2. The van der Waals surface area contributed by atoms with E-state index in [4.69, 9.17) is 0 Å². The highest BCUT2D eigenvalue weighted by molar-refractivity contribution is 7.12. The molecule has 2 aromatic heterocycles. The number of hydrogen-bond acceptors (Lipinski definition) is 5. The number of nitrogens with zero attached hydrogens (tertiary/aromatic N) is 3. The molecule has 148 valence electrons. The van der Waals surface area contributed by atoms with Gasteiger partial charge in [-0.2, -0.15) is 4.68 Å². The molecule has 4 aliphatic rings. The van der Waals surface area contributed by atoms with Crippen LogP contribution in [0.1, 0.15) is 59.5 Å². The van der Waals surface area contributed by atoms with Gasteiger partial charge in [-0.25, -0.2) is 0 Å². The van der Waals surface area contributed by atoms with Gasteiger partial charge in [0.15, 0.2) is 0 Å². The van der Waals surface area contributed by atoms with E-state index in [1.807, 2.05) is 11.4 Å². The van der Waals surface area contributed by atoms with Gasteiger partial charge in [0.2, 0.25) is 0 Å². The van der Waals surface area contributed by atoms with E-state index in [9.17, 15) is 14.9 Å². The minimum absolute atomic E-state index is 0.00910. The maximum atomic E-state index is 12.9. The fraction of sp³-hybridized carbons (Fsp3) is 0.600. The Morgan fingerprint density at radius 1 is 1.29 bits per heavy atom. The van der Waals surface area contributed by atoms with Crippen LogP contribution in [0.5, 0.6) is 0 Å². The van der Waals surface area contributed by atoms with E-state index in [2.05, 4.69) is 10.4 Å². The van der Waals surface area contributed by atoms with E-state index in [0.717, 1.165) is 48.3 Å². The van der Waals surface area contributed by atoms with E-state index in [1.54, 1.807) is 11.6 Å². The maximum Gasteiger partial charge on any atom is 0.390 e. The molecule has 28 heavy (non-hydrogen) atoms. The number of aryl methyl sites for hydroxylation is 1. The third-order valence-electron chi connectivity index (χ3n) is 6.78. The van der Waals surface area contributed by atoms with Crippen LogP contribution in [0.25, 0.3) is 0 Å². The molecule has 4 fully saturated rings. The number of thiophene rings is 1. The Balaban J connectivity index is 1.28. The normalized spacial score (nSPS) is 30.5. The van der Waals surface area contributed by atoms with Gasteiger partial charge in [-0.15, -0.1) is 11.3 Å². The van der Waals surface area contributed by atoms with Crippen LogP contribution in [-0.2, 0) is 6.54 Å². The van der Waals surface area contributed by atoms with Crippen molar-refractivity contribution in [3.8, 4) is 0 Å². The predicted molar refractivity (Wildman–Crippen MR) is 105 cm³/mol. The van der Waals surface area contributed by atoms with Gasteiger partial charge in [0, 0.05) is 5.54 Å². The zero-order chi connectivity index (χ0) is 19.5. The van der Waals surface area contributed by atoms with E-state index < -0.39 is 4.92 Å². The number of rotatable bonds is 5. The molecule has 0 radical (unpaired) electrons. The first-order chi connectivity index (χ1) is 13.4. The van der Waals surface area contributed by atoms with Crippen molar-refractivity contribution in [2.45, 2.75) is 57.5 Å². The van der Waals surface area contributed by atoms with Crippen LogP contribution >= 0.6 is 11.3 Å². The summed E-state index contributed by atoms with van der Waals surface area (Å²) in [6.07, 6.45) is 7.48. The van der Waals surface area contributed by atoms with Crippen molar-refractivity contribution >= 4 is 23.1 Å². The standard InChI is InChI=1S/C20H24N4O3S/c1-12-2-18(24(26)27)22-23(12)10-16-6-17(28-11-16)19(25)21-20-7-13-3-14(8-20)5-15(4-13)9-20/h2,6,11,13-15H,3-5,7-10H2,1H3,(H,21,25). The molecule has 0 spiro atoms. The van der Waals surface area contributed by atoms with Crippen LogP contribution < -0.4 is 5.32 Å². The lowest BCUT2D eigenvalue weighted by molar-refractivity contribution is -0.389.